The Labute approximate surface area is 168 Å². The van der Waals surface area contributed by atoms with Crippen molar-refractivity contribution in [3.05, 3.63) is 36.2 Å². The second-order valence-corrected chi connectivity index (χ2v) is 6.93. The first-order valence-corrected chi connectivity index (χ1v) is 9.57. The van der Waals surface area contributed by atoms with Crippen molar-refractivity contribution in [2.75, 3.05) is 30.5 Å². The maximum atomic E-state index is 5.84. The summed E-state index contributed by atoms with van der Waals surface area (Å²) < 4.78 is 7.21. The molecule has 0 unspecified atom stereocenters. The van der Waals surface area contributed by atoms with Crippen LogP contribution in [-0.4, -0.2) is 45.2 Å². The molecule has 2 heterocycles. The van der Waals surface area contributed by atoms with Gasteiger partial charge in [0, 0.05) is 31.4 Å². The van der Waals surface area contributed by atoms with Gasteiger partial charge in [0.15, 0.2) is 0 Å². The molecule has 1 saturated carbocycles. The highest BCUT2D eigenvalue weighted by molar-refractivity contribution is 5.63. The average Bonchev–Trinajstić information content (AvgIpc) is 3.15. The van der Waals surface area contributed by atoms with Crippen molar-refractivity contribution in [3.8, 4) is 11.4 Å². The predicted molar refractivity (Wildman–Crippen MR) is 112 cm³/mol. The zero-order valence-corrected chi connectivity index (χ0v) is 16.5. The quantitative estimate of drug-likeness (QED) is 0.453. The summed E-state index contributed by atoms with van der Waals surface area (Å²) in [5.41, 5.74) is 8.26. The molecule has 1 aliphatic rings. The zero-order chi connectivity index (χ0) is 20.2. The van der Waals surface area contributed by atoms with Crippen LogP contribution in [0.1, 0.15) is 25.0 Å². The number of anilines is 4. The summed E-state index contributed by atoms with van der Waals surface area (Å²) in [7, 11) is 3.40. The largest absolute Gasteiger partial charge is 0.494 e. The third-order valence-corrected chi connectivity index (χ3v) is 4.90. The van der Waals surface area contributed by atoms with Crippen LogP contribution in [0.15, 0.2) is 30.5 Å². The van der Waals surface area contributed by atoms with Crippen LogP contribution < -0.4 is 26.4 Å². The first kappa shape index (κ1) is 18.9. The van der Waals surface area contributed by atoms with Crippen molar-refractivity contribution < 1.29 is 4.74 Å². The molecule has 5 N–H and O–H groups in total. The van der Waals surface area contributed by atoms with E-state index in [1.807, 2.05) is 24.4 Å². The molecule has 152 valence electrons. The summed E-state index contributed by atoms with van der Waals surface area (Å²) >= 11 is 0. The highest BCUT2D eigenvalue weighted by Crippen LogP contribution is 2.27. The van der Waals surface area contributed by atoms with E-state index in [4.69, 9.17) is 10.5 Å². The van der Waals surface area contributed by atoms with Gasteiger partial charge in [-0.1, -0.05) is 11.6 Å². The molecule has 0 radical (unpaired) electrons. The lowest BCUT2D eigenvalue weighted by molar-refractivity contribution is 0.337. The number of nitrogen functional groups attached to an aromatic ring is 1. The van der Waals surface area contributed by atoms with Gasteiger partial charge in [-0.25, -0.2) is 4.68 Å². The minimum absolute atomic E-state index is 0.375. The number of rotatable bonds is 8. The van der Waals surface area contributed by atoms with Crippen molar-refractivity contribution in [3.63, 3.8) is 0 Å². The molecule has 10 nitrogen and oxygen atoms in total. The number of benzene rings is 1. The number of methoxy groups -OCH3 is 1. The maximum absolute atomic E-state index is 5.84. The van der Waals surface area contributed by atoms with Crippen LogP contribution in [0, 0.1) is 0 Å². The standard InChI is InChI=1S/C19H25N9O/c1-21-18-9-17(20)24-19(25-18)23-13-6-7-16(29-2)15(8-13)28-11-14(26-27-28)10-22-12-4-3-5-12/h6-9,11-12,22H,3-5,10H2,1-2H3,(H4,20,21,23,24,25). The van der Waals surface area contributed by atoms with Gasteiger partial charge in [0.2, 0.25) is 5.95 Å². The Morgan fingerprint density at radius 3 is 2.83 bits per heavy atom. The van der Waals surface area contributed by atoms with E-state index in [9.17, 15) is 0 Å². The summed E-state index contributed by atoms with van der Waals surface area (Å²) in [6.45, 7) is 0.703. The van der Waals surface area contributed by atoms with Crippen molar-refractivity contribution in [1.82, 2.24) is 30.3 Å². The van der Waals surface area contributed by atoms with E-state index >= 15 is 0 Å². The SMILES string of the molecule is CNc1cc(N)nc(Nc2ccc(OC)c(-n3cc(CNC4CCC4)nn3)c2)n1. The molecular formula is C19H25N9O. The van der Waals surface area contributed by atoms with Gasteiger partial charge >= 0.3 is 0 Å². The normalized spacial score (nSPS) is 13.7. The van der Waals surface area contributed by atoms with E-state index in [1.165, 1.54) is 19.3 Å². The minimum atomic E-state index is 0.375. The second kappa shape index (κ2) is 8.31. The number of hydrogen-bond acceptors (Lipinski definition) is 9. The summed E-state index contributed by atoms with van der Waals surface area (Å²) in [5.74, 6) is 2.09. The molecule has 1 fully saturated rings. The Balaban J connectivity index is 1.55. The van der Waals surface area contributed by atoms with Crippen LogP contribution in [0.4, 0.5) is 23.3 Å². The van der Waals surface area contributed by atoms with Gasteiger partial charge in [-0.2, -0.15) is 9.97 Å². The van der Waals surface area contributed by atoms with Crippen LogP contribution in [0.5, 0.6) is 5.75 Å². The lowest BCUT2D eigenvalue weighted by atomic mass is 9.93. The first-order valence-electron chi connectivity index (χ1n) is 9.57. The highest BCUT2D eigenvalue weighted by atomic mass is 16.5. The fourth-order valence-corrected chi connectivity index (χ4v) is 3.08. The molecule has 0 atom stereocenters. The Kier molecular flexibility index (Phi) is 5.43. The first-order chi connectivity index (χ1) is 14.1. The Bertz CT molecular complexity index is 984. The number of nitrogens with two attached hydrogens (primary N) is 1. The third-order valence-electron chi connectivity index (χ3n) is 4.90. The van der Waals surface area contributed by atoms with E-state index < -0.39 is 0 Å². The number of aromatic nitrogens is 5. The third kappa shape index (κ3) is 4.37. The van der Waals surface area contributed by atoms with E-state index in [2.05, 4.69) is 36.2 Å². The molecule has 0 amide bonds. The molecule has 2 aromatic heterocycles. The molecule has 0 saturated heterocycles. The summed E-state index contributed by atoms with van der Waals surface area (Å²) in [4.78, 5) is 8.59. The highest BCUT2D eigenvalue weighted by Gasteiger charge is 2.17. The average molecular weight is 395 g/mol. The zero-order valence-electron chi connectivity index (χ0n) is 16.5. The minimum Gasteiger partial charge on any atom is -0.494 e. The molecule has 0 spiro atoms. The van der Waals surface area contributed by atoms with Gasteiger partial charge in [0.05, 0.1) is 19.0 Å². The molecule has 1 aromatic carbocycles. The number of hydrogen-bond donors (Lipinski definition) is 4. The molecular weight excluding hydrogens is 370 g/mol. The lowest BCUT2D eigenvalue weighted by Gasteiger charge is -2.25. The number of ether oxygens (including phenoxy) is 1. The number of nitrogens with zero attached hydrogens (tertiary/aromatic N) is 5. The van der Waals surface area contributed by atoms with Crippen LogP contribution in [0.25, 0.3) is 5.69 Å². The molecule has 29 heavy (non-hydrogen) atoms. The summed E-state index contributed by atoms with van der Waals surface area (Å²) in [6, 6.07) is 7.91. The van der Waals surface area contributed by atoms with Crippen LogP contribution in [0.2, 0.25) is 0 Å². The van der Waals surface area contributed by atoms with E-state index in [-0.39, 0.29) is 0 Å². The van der Waals surface area contributed by atoms with E-state index in [1.54, 1.807) is 24.9 Å². The summed E-state index contributed by atoms with van der Waals surface area (Å²) in [5, 5.41) is 18.2. The topological polar surface area (TPSA) is 128 Å². The van der Waals surface area contributed by atoms with Crippen LogP contribution in [-0.2, 0) is 6.54 Å². The van der Waals surface area contributed by atoms with Gasteiger partial charge in [0.1, 0.15) is 23.1 Å². The second-order valence-electron chi connectivity index (χ2n) is 6.93. The van der Waals surface area contributed by atoms with Crippen molar-refractivity contribution in [2.24, 2.45) is 0 Å². The Hall–Kier alpha value is -3.40. The predicted octanol–water partition coefficient (Wildman–Crippen LogP) is 2.08. The van der Waals surface area contributed by atoms with Crippen molar-refractivity contribution in [2.45, 2.75) is 31.8 Å². The Morgan fingerprint density at radius 2 is 2.10 bits per heavy atom. The molecule has 10 heteroatoms. The smallest absolute Gasteiger partial charge is 0.231 e. The van der Waals surface area contributed by atoms with Gasteiger partial charge in [-0.05, 0) is 31.0 Å². The molecule has 4 rings (SSSR count). The Morgan fingerprint density at radius 1 is 1.24 bits per heavy atom. The molecule has 0 bridgehead atoms. The van der Waals surface area contributed by atoms with Crippen molar-refractivity contribution >= 4 is 23.3 Å². The van der Waals surface area contributed by atoms with E-state index in [0.717, 1.165) is 17.1 Å². The fourth-order valence-electron chi connectivity index (χ4n) is 3.08. The van der Waals surface area contributed by atoms with Gasteiger partial charge < -0.3 is 26.4 Å². The molecule has 1 aliphatic carbocycles. The molecule has 0 aliphatic heterocycles. The van der Waals surface area contributed by atoms with Gasteiger partial charge in [-0.15, -0.1) is 5.10 Å². The van der Waals surface area contributed by atoms with Crippen LogP contribution >= 0.6 is 0 Å². The van der Waals surface area contributed by atoms with Gasteiger partial charge in [0.25, 0.3) is 0 Å². The number of nitrogens with one attached hydrogen (secondary N) is 3. The monoisotopic (exact) mass is 395 g/mol. The maximum Gasteiger partial charge on any atom is 0.231 e. The summed E-state index contributed by atoms with van der Waals surface area (Å²) in [6.07, 6.45) is 5.67. The van der Waals surface area contributed by atoms with Crippen LogP contribution in [0.3, 0.4) is 0 Å². The fraction of sp³-hybridized carbons (Fsp3) is 0.368. The van der Waals surface area contributed by atoms with Crippen molar-refractivity contribution in [1.29, 1.82) is 0 Å². The lowest BCUT2D eigenvalue weighted by Crippen LogP contribution is -2.34. The van der Waals surface area contributed by atoms with E-state index in [0.29, 0.717) is 35.9 Å². The van der Waals surface area contributed by atoms with Gasteiger partial charge in [-0.3, -0.25) is 0 Å². The molecule has 3 aromatic rings.